The smallest absolute Gasteiger partial charge is 0.253 e. The van der Waals surface area contributed by atoms with Crippen molar-refractivity contribution in [2.24, 2.45) is 5.73 Å². The lowest BCUT2D eigenvalue weighted by Crippen LogP contribution is -2.47. The van der Waals surface area contributed by atoms with Crippen molar-refractivity contribution in [2.75, 3.05) is 17.8 Å². The molecule has 0 amide bonds. The predicted octanol–water partition coefficient (Wildman–Crippen LogP) is -0.486. The van der Waals surface area contributed by atoms with Crippen LogP contribution in [-0.4, -0.2) is 35.3 Å². The molecule has 4 N–H and O–H groups in total. The van der Waals surface area contributed by atoms with E-state index in [0.29, 0.717) is 25.2 Å². The second kappa shape index (κ2) is 5.93. The number of nitrogens with two attached hydrogens (primary N) is 1. The Hall–Kier alpha value is -0.750. The van der Waals surface area contributed by atoms with Crippen LogP contribution in [0.3, 0.4) is 0 Å². The number of nitrogens with zero attached hydrogens (tertiary/aromatic N) is 1. The van der Waals surface area contributed by atoms with Gasteiger partial charge in [-0.25, -0.2) is 13.4 Å². The van der Waals surface area contributed by atoms with E-state index in [1.54, 1.807) is 0 Å². The Bertz CT molecular complexity index is 652. The van der Waals surface area contributed by atoms with E-state index in [1.165, 1.54) is 17.1 Å². The average molecular weight is 340 g/mol. The summed E-state index contributed by atoms with van der Waals surface area (Å²) in [5.74, 6) is 0. The normalized spacial score (nSPS) is 19.4. The summed E-state index contributed by atoms with van der Waals surface area (Å²) < 4.78 is 47.5. The average Bonchev–Trinajstić information content (AvgIpc) is 2.30. The lowest BCUT2D eigenvalue weighted by Gasteiger charge is -2.29. The van der Waals surface area contributed by atoms with Crippen molar-refractivity contribution in [3.8, 4) is 0 Å². The van der Waals surface area contributed by atoms with E-state index in [0.717, 1.165) is 0 Å². The van der Waals surface area contributed by atoms with Crippen molar-refractivity contribution in [2.45, 2.75) is 11.4 Å². The first kappa shape index (κ1) is 15.6. The second-order valence-corrected chi connectivity index (χ2v) is 6.79. The molecule has 0 saturated carbocycles. The van der Waals surface area contributed by atoms with Gasteiger partial charge in [-0.05, 0) is 17.7 Å². The number of hydrogen-bond acceptors (Lipinski definition) is 6. The Morgan fingerprint density at radius 3 is 2.85 bits per heavy atom. The molecule has 1 aliphatic heterocycles. The van der Waals surface area contributed by atoms with Crippen molar-refractivity contribution >= 4 is 38.6 Å². The van der Waals surface area contributed by atoms with Crippen LogP contribution in [0.1, 0.15) is 5.56 Å². The van der Waals surface area contributed by atoms with E-state index in [-0.39, 0.29) is 15.6 Å². The molecule has 0 fully saturated rings. The van der Waals surface area contributed by atoms with Crippen molar-refractivity contribution in [3.05, 3.63) is 22.7 Å². The number of nitrogens with one attached hydrogen (secondary N) is 2. The summed E-state index contributed by atoms with van der Waals surface area (Å²) in [7, 11) is -3.77. The van der Waals surface area contributed by atoms with Crippen LogP contribution in [0.4, 0.5) is 5.69 Å². The molecule has 0 radical (unpaired) electrons. The van der Waals surface area contributed by atoms with Crippen LogP contribution in [0.2, 0.25) is 5.02 Å². The number of rotatable bonds is 4. The van der Waals surface area contributed by atoms with Gasteiger partial charge in [-0.1, -0.05) is 11.6 Å². The maximum atomic E-state index is 12.1. The van der Waals surface area contributed by atoms with Gasteiger partial charge in [0.05, 0.1) is 15.6 Å². The number of hydrazine groups is 1. The third-order valence-electron chi connectivity index (χ3n) is 2.64. The summed E-state index contributed by atoms with van der Waals surface area (Å²) in [6.07, 6.45) is 0. The van der Waals surface area contributed by atoms with Gasteiger partial charge in [-0.15, -0.1) is 4.83 Å². The molecule has 0 aliphatic carbocycles. The van der Waals surface area contributed by atoms with Gasteiger partial charge in [-0.2, -0.15) is 0 Å². The molecule has 8 nitrogen and oxygen atoms in total. The van der Waals surface area contributed by atoms with Crippen molar-refractivity contribution < 1.29 is 17.2 Å². The number of fused-ring (bicyclic) bond motifs is 1. The van der Waals surface area contributed by atoms with Crippen molar-refractivity contribution in [1.82, 2.24) is 9.84 Å². The van der Waals surface area contributed by atoms with E-state index in [2.05, 4.69) is 9.55 Å². The SMILES string of the molecule is NCCN1Cc2cc(Cl)c(NS(=O)[O-])cc2S(=O)(=O)N1. The zero-order chi connectivity index (χ0) is 14.9. The Balaban J connectivity index is 2.46. The first-order valence-electron chi connectivity index (χ1n) is 5.49. The van der Waals surface area contributed by atoms with E-state index in [9.17, 15) is 17.2 Å². The number of sulfonamides is 1. The highest BCUT2D eigenvalue weighted by atomic mass is 35.5. The quantitative estimate of drug-likeness (QED) is 0.635. The Morgan fingerprint density at radius 2 is 2.25 bits per heavy atom. The molecule has 1 aromatic rings. The molecule has 20 heavy (non-hydrogen) atoms. The topological polar surface area (TPSA) is 128 Å². The third-order valence-corrected chi connectivity index (χ3v) is 4.80. The minimum absolute atomic E-state index is 0.0106. The lowest BCUT2D eigenvalue weighted by atomic mass is 10.2. The minimum Gasteiger partial charge on any atom is -0.755 e. The van der Waals surface area contributed by atoms with Gasteiger partial charge in [-0.3, -0.25) is 4.21 Å². The van der Waals surface area contributed by atoms with Crippen LogP contribution >= 0.6 is 11.6 Å². The molecule has 2 rings (SSSR count). The summed E-state index contributed by atoms with van der Waals surface area (Å²) in [5.41, 5.74) is 5.88. The molecule has 11 heteroatoms. The number of halogens is 1. The van der Waals surface area contributed by atoms with Gasteiger partial charge in [0.2, 0.25) is 0 Å². The van der Waals surface area contributed by atoms with Crippen LogP contribution in [0, 0.1) is 0 Å². The molecular weight excluding hydrogens is 328 g/mol. The highest BCUT2D eigenvalue weighted by Crippen LogP contribution is 2.31. The minimum atomic E-state index is -3.77. The number of benzene rings is 1. The molecule has 112 valence electrons. The molecule has 0 bridgehead atoms. The van der Waals surface area contributed by atoms with Gasteiger partial charge < -0.3 is 15.0 Å². The summed E-state index contributed by atoms with van der Waals surface area (Å²) >= 11 is 3.34. The Morgan fingerprint density at radius 1 is 1.55 bits per heavy atom. The zero-order valence-electron chi connectivity index (χ0n) is 10.1. The zero-order valence-corrected chi connectivity index (χ0v) is 12.5. The highest BCUT2D eigenvalue weighted by Gasteiger charge is 2.29. The number of hydrogen-bond donors (Lipinski definition) is 3. The first-order valence-corrected chi connectivity index (χ1v) is 8.43. The van der Waals surface area contributed by atoms with Gasteiger partial charge in [0, 0.05) is 30.9 Å². The fourth-order valence-corrected chi connectivity index (χ4v) is 3.85. The molecule has 0 spiro atoms. The van der Waals surface area contributed by atoms with Crippen LogP contribution in [0.5, 0.6) is 0 Å². The molecule has 1 atom stereocenters. The van der Waals surface area contributed by atoms with Gasteiger partial charge in [0.25, 0.3) is 10.0 Å². The van der Waals surface area contributed by atoms with Crippen LogP contribution in [-0.2, 0) is 27.8 Å². The molecule has 0 saturated heterocycles. The Labute approximate surface area is 123 Å². The molecular formula is C9H12ClN4O4S2-. The monoisotopic (exact) mass is 339 g/mol. The second-order valence-electron chi connectivity index (χ2n) is 4.08. The fraction of sp³-hybridized carbons (Fsp3) is 0.333. The maximum absolute atomic E-state index is 12.1. The van der Waals surface area contributed by atoms with Crippen LogP contribution in [0.15, 0.2) is 17.0 Å². The predicted molar refractivity (Wildman–Crippen MR) is 73.8 cm³/mol. The number of anilines is 1. The van der Waals surface area contributed by atoms with Crippen LogP contribution < -0.4 is 15.3 Å². The third kappa shape index (κ3) is 3.28. The highest BCUT2D eigenvalue weighted by molar-refractivity contribution is 7.89. The van der Waals surface area contributed by atoms with Gasteiger partial charge in [0.1, 0.15) is 0 Å². The molecule has 1 aliphatic rings. The van der Waals surface area contributed by atoms with E-state index in [1.807, 2.05) is 0 Å². The summed E-state index contributed by atoms with van der Waals surface area (Å²) in [4.78, 5) is 2.34. The van der Waals surface area contributed by atoms with Crippen LogP contribution in [0.25, 0.3) is 0 Å². The molecule has 1 unspecified atom stereocenters. The first-order chi connectivity index (χ1) is 9.33. The van der Waals surface area contributed by atoms with E-state index < -0.39 is 21.3 Å². The van der Waals surface area contributed by atoms with E-state index in [4.69, 9.17) is 17.3 Å². The standard InChI is InChI=1S/C9H13ClN4O4S2/c10-7-3-6-5-14(2-1-11)13-20(17,18)9(6)4-8(7)12-19(15)16/h3-4,12-13H,1-2,5,11H2,(H,15,16)/p-1. The Kier molecular flexibility index (Phi) is 4.64. The van der Waals surface area contributed by atoms with Gasteiger partial charge in [0.15, 0.2) is 0 Å². The molecule has 1 heterocycles. The van der Waals surface area contributed by atoms with Gasteiger partial charge >= 0.3 is 0 Å². The lowest BCUT2D eigenvalue weighted by molar-refractivity contribution is 0.228. The molecule has 0 aromatic heterocycles. The molecule has 1 aromatic carbocycles. The summed E-state index contributed by atoms with van der Waals surface area (Å²) in [6.45, 7) is 0.938. The maximum Gasteiger partial charge on any atom is 0.253 e. The van der Waals surface area contributed by atoms with Crippen molar-refractivity contribution in [3.63, 3.8) is 0 Å². The van der Waals surface area contributed by atoms with Crippen molar-refractivity contribution in [1.29, 1.82) is 0 Å². The summed E-state index contributed by atoms with van der Waals surface area (Å²) in [5, 5.41) is 1.57. The van der Waals surface area contributed by atoms with E-state index >= 15 is 0 Å². The largest absolute Gasteiger partial charge is 0.755 e. The fourth-order valence-electron chi connectivity index (χ4n) is 1.87. The summed E-state index contributed by atoms with van der Waals surface area (Å²) in [6, 6.07) is 2.61.